The number of aryl methyl sites for hydroxylation is 1. The molecule has 2 aromatic rings. The Bertz CT molecular complexity index is 1290. The molecule has 3 N–H and O–H groups in total. The minimum Gasteiger partial charge on any atom is -0.322 e. The standard InChI is InChI=1S/C27H27N5O5/c1-15-2-5-17(6-3-15)23(33)29-20-10-8-18(9-11-20)24(34)31-28-14-21-25(35)30-27(37)32(26(21)36)22-13-16-4-7-19(22)12-16/h2-3,5-6,8-11,14,16,19,21-22H,4,7,12-13H2,1H3,(H,29,33)(H,31,34)(H,30,35,37)/b28-14-/t16-,19-,21+,22+/m0/s1. The summed E-state index contributed by atoms with van der Waals surface area (Å²) in [5.41, 5.74) is 4.66. The predicted molar refractivity (Wildman–Crippen MR) is 135 cm³/mol. The van der Waals surface area contributed by atoms with Gasteiger partial charge in [0.15, 0.2) is 5.92 Å². The summed E-state index contributed by atoms with van der Waals surface area (Å²) in [5, 5.41) is 8.82. The van der Waals surface area contributed by atoms with Crippen LogP contribution in [0, 0.1) is 24.7 Å². The summed E-state index contributed by atoms with van der Waals surface area (Å²) in [7, 11) is 0. The number of hydrogen-bond donors (Lipinski definition) is 3. The van der Waals surface area contributed by atoms with Crippen LogP contribution in [0.25, 0.3) is 0 Å². The minimum atomic E-state index is -1.29. The highest BCUT2D eigenvalue weighted by Gasteiger charge is 2.50. The average molecular weight is 502 g/mol. The molecule has 1 saturated heterocycles. The molecule has 5 rings (SSSR count). The van der Waals surface area contributed by atoms with Gasteiger partial charge in [-0.1, -0.05) is 24.1 Å². The Morgan fingerprint density at radius 1 is 0.946 bits per heavy atom. The SMILES string of the molecule is Cc1ccc(C(=O)Nc2ccc(C(=O)N/N=C\[C@@H]3C(=O)NC(=O)N([C@@H]4C[C@H]5CC[C@H]4C5)C3=O)cc2)cc1. The summed E-state index contributed by atoms with van der Waals surface area (Å²) >= 11 is 0. The summed E-state index contributed by atoms with van der Waals surface area (Å²) in [4.78, 5) is 63.7. The van der Waals surface area contributed by atoms with E-state index in [2.05, 4.69) is 21.2 Å². The molecule has 4 atom stereocenters. The molecular weight excluding hydrogens is 474 g/mol. The third-order valence-corrected chi connectivity index (χ3v) is 7.38. The Hall–Kier alpha value is -4.34. The summed E-state index contributed by atoms with van der Waals surface area (Å²) in [5.74, 6) is -2.71. The summed E-state index contributed by atoms with van der Waals surface area (Å²) < 4.78 is 0. The predicted octanol–water partition coefficient (Wildman–Crippen LogP) is 2.85. The molecule has 0 unspecified atom stereocenters. The van der Waals surface area contributed by atoms with E-state index in [4.69, 9.17) is 0 Å². The normalized spacial score (nSPS) is 24.9. The van der Waals surface area contributed by atoms with E-state index >= 15 is 0 Å². The third kappa shape index (κ3) is 5.00. The number of urea groups is 1. The highest BCUT2D eigenvalue weighted by molar-refractivity contribution is 6.23. The van der Waals surface area contributed by atoms with Crippen molar-refractivity contribution in [2.45, 2.75) is 38.6 Å². The van der Waals surface area contributed by atoms with E-state index in [9.17, 15) is 24.0 Å². The number of carbonyl (C=O) groups excluding carboxylic acids is 5. The Balaban J connectivity index is 1.18. The number of fused-ring (bicyclic) bond motifs is 2. The lowest BCUT2D eigenvalue weighted by Gasteiger charge is -2.36. The fourth-order valence-corrected chi connectivity index (χ4v) is 5.43. The maximum atomic E-state index is 13.0. The largest absolute Gasteiger partial charge is 0.331 e. The molecule has 1 aliphatic heterocycles. The Morgan fingerprint density at radius 3 is 2.27 bits per heavy atom. The van der Waals surface area contributed by atoms with Crippen molar-refractivity contribution in [3.05, 3.63) is 65.2 Å². The molecule has 2 saturated carbocycles. The Labute approximate surface area is 213 Å². The molecule has 10 heteroatoms. The summed E-state index contributed by atoms with van der Waals surface area (Å²) in [6.45, 7) is 1.94. The van der Waals surface area contributed by atoms with Gasteiger partial charge < -0.3 is 5.32 Å². The molecule has 2 aliphatic carbocycles. The first-order chi connectivity index (χ1) is 17.8. The van der Waals surface area contributed by atoms with Crippen LogP contribution in [0.2, 0.25) is 0 Å². The van der Waals surface area contributed by atoms with Crippen LogP contribution in [-0.2, 0) is 9.59 Å². The van der Waals surface area contributed by atoms with Crippen molar-refractivity contribution < 1.29 is 24.0 Å². The van der Waals surface area contributed by atoms with E-state index in [1.165, 1.54) is 17.0 Å². The molecular formula is C27H27N5O5. The molecule has 190 valence electrons. The van der Waals surface area contributed by atoms with Gasteiger partial charge >= 0.3 is 6.03 Å². The molecule has 3 fully saturated rings. The molecule has 3 aliphatic rings. The second-order valence-corrected chi connectivity index (χ2v) is 9.84. The van der Waals surface area contributed by atoms with Crippen molar-refractivity contribution >= 4 is 41.6 Å². The van der Waals surface area contributed by atoms with Crippen molar-refractivity contribution in [2.75, 3.05) is 5.32 Å². The highest BCUT2D eigenvalue weighted by atomic mass is 16.2. The molecule has 37 heavy (non-hydrogen) atoms. The number of anilines is 1. The Morgan fingerprint density at radius 2 is 1.62 bits per heavy atom. The number of amides is 6. The van der Waals surface area contributed by atoms with Gasteiger partial charge in [-0.3, -0.25) is 29.4 Å². The first-order valence-corrected chi connectivity index (χ1v) is 12.3. The zero-order valence-corrected chi connectivity index (χ0v) is 20.3. The van der Waals surface area contributed by atoms with E-state index < -0.39 is 29.7 Å². The molecule has 0 radical (unpaired) electrons. The quantitative estimate of drug-likeness (QED) is 0.318. The number of barbiturate groups is 1. The van der Waals surface area contributed by atoms with Crippen molar-refractivity contribution in [2.24, 2.45) is 22.9 Å². The first kappa shape index (κ1) is 24.4. The van der Waals surface area contributed by atoms with Crippen LogP contribution in [0.15, 0.2) is 53.6 Å². The molecule has 0 aromatic heterocycles. The number of hydrazone groups is 1. The highest BCUT2D eigenvalue weighted by Crippen LogP contribution is 2.47. The topological polar surface area (TPSA) is 137 Å². The maximum Gasteiger partial charge on any atom is 0.331 e. The molecule has 10 nitrogen and oxygen atoms in total. The van der Waals surface area contributed by atoms with Crippen molar-refractivity contribution in [1.82, 2.24) is 15.6 Å². The van der Waals surface area contributed by atoms with E-state index in [0.29, 0.717) is 17.2 Å². The zero-order valence-electron chi connectivity index (χ0n) is 20.3. The number of rotatable bonds is 6. The zero-order chi connectivity index (χ0) is 26.1. The lowest BCUT2D eigenvalue weighted by molar-refractivity contribution is -0.141. The van der Waals surface area contributed by atoms with Crippen molar-refractivity contribution in [1.29, 1.82) is 0 Å². The van der Waals surface area contributed by atoms with Crippen LogP contribution < -0.4 is 16.1 Å². The van der Waals surface area contributed by atoms with Gasteiger partial charge in [-0.15, -0.1) is 0 Å². The van der Waals surface area contributed by atoms with Gasteiger partial charge in [-0.25, -0.2) is 10.2 Å². The van der Waals surface area contributed by atoms with Crippen LogP contribution in [0.3, 0.4) is 0 Å². The van der Waals surface area contributed by atoms with Gasteiger partial charge in [0.05, 0.1) is 0 Å². The monoisotopic (exact) mass is 501 g/mol. The van der Waals surface area contributed by atoms with Crippen LogP contribution in [0.1, 0.15) is 52.0 Å². The third-order valence-electron chi connectivity index (χ3n) is 7.38. The van der Waals surface area contributed by atoms with E-state index in [1.54, 1.807) is 24.3 Å². The summed E-state index contributed by atoms with van der Waals surface area (Å²) in [6, 6.07) is 12.5. The minimum absolute atomic E-state index is 0.199. The van der Waals surface area contributed by atoms with E-state index in [0.717, 1.165) is 37.5 Å². The van der Waals surface area contributed by atoms with Gasteiger partial charge in [-0.2, -0.15) is 5.10 Å². The summed E-state index contributed by atoms with van der Waals surface area (Å²) in [6.07, 6.45) is 4.90. The smallest absolute Gasteiger partial charge is 0.322 e. The molecule has 2 aromatic carbocycles. The van der Waals surface area contributed by atoms with Crippen LogP contribution >= 0.6 is 0 Å². The maximum absolute atomic E-state index is 13.0. The van der Waals surface area contributed by atoms with Crippen LogP contribution in [0.5, 0.6) is 0 Å². The lowest BCUT2D eigenvalue weighted by atomic mass is 9.92. The number of carbonyl (C=O) groups is 5. The van der Waals surface area contributed by atoms with E-state index in [-0.39, 0.29) is 23.4 Å². The van der Waals surface area contributed by atoms with Crippen molar-refractivity contribution in [3.8, 4) is 0 Å². The fraction of sp³-hybridized carbons (Fsp3) is 0.333. The van der Waals surface area contributed by atoms with Crippen LogP contribution in [0.4, 0.5) is 10.5 Å². The number of benzene rings is 2. The van der Waals surface area contributed by atoms with Crippen molar-refractivity contribution in [3.63, 3.8) is 0 Å². The number of imide groups is 2. The molecule has 0 spiro atoms. The van der Waals surface area contributed by atoms with Gasteiger partial charge in [0.2, 0.25) is 11.8 Å². The number of hydrogen-bond acceptors (Lipinski definition) is 6. The lowest BCUT2D eigenvalue weighted by Crippen LogP contribution is -2.62. The molecule has 2 bridgehead atoms. The Kier molecular flexibility index (Phi) is 6.56. The molecule has 1 heterocycles. The van der Waals surface area contributed by atoms with Gasteiger partial charge in [-0.05, 0) is 74.4 Å². The van der Waals surface area contributed by atoms with Gasteiger partial charge in [0, 0.05) is 29.1 Å². The number of nitrogens with zero attached hydrogens (tertiary/aromatic N) is 2. The van der Waals surface area contributed by atoms with Crippen LogP contribution in [-0.4, -0.2) is 46.8 Å². The molecule has 6 amide bonds. The number of nitrogens with one attached hydrogen (secondary N) is 3. The second-order valence-electron chi connectivity index (χ2n) is 9.84. The van der Waals surface area contributed by atoms with E-state index in [1.807, 2.05) is 19.1 Å². The first-order valence-electron chi connectivity index (χ1n) is 12.3. The van der Waals surface area contributed by atoms with Gasteiger partial charge in [0.25, 0.3) is 11.8 Å². The average Bonchev–Trinajstić information content (AvgIpc) is 3.50. The second kappa shape index (κ2) is 9.96. The van der Waals surface area contributed by atoms with Gasteiger partial charge in [0.1, 0.15) is 0 Å². The fourth-order valence-electron chi connectivity index (χ4n) is 5.43.